The number of benzene rings is 2. The summed E-state index contributed by atoms with van der Waals surface area (Å²) >= 11 is 7.02. The minimum absolute atomic E-state index is 0.489. The first kappa shape index (κ1) is 12.7. The molecule has 3 nitrogen and oxygen atoms in total. The Bertz CT molecular complexity index is 778. The summed E-state index contributed by atoms with van der Waals surface area (Å²) in [5, 5.41) is 0. The predicted octanol–water partition coefficient (Wildman–Crippen LogP) is 4.44. The van der Waals surface area contributed by atoms with Crippen LogP contribution >= 0.6 is 31.9 Å². The Labute approximate surface area is 127 Å². The standard InChI is InChI=1S/C14H11Br2N3/c1-8-2-4-13-11(6-8)18-14(17)19(13)12-5-3-9(15)7-10(12)16/h2-7H,1H3,(H2,17,18). The molecule has 2 aromatic carbocycles. The number of anilines is 1. The quantitative estimate of drug-likeness (QED) is 0.678. The molecule has 5 heteroatoms. The van der Waals surface area contributed by atoms with E-state index in [0.717, 1.165) is 25.7 Å². The molecule has 0 radical (unpaired) electrons. The van der Waals surface area contributed by atoms with Gasteiger partial charge in [0.05, 0.1) is 16.7 Å². The molecular weight excluding hydrogens is 370 g/mol. The molecule has 0 unspecified atom stereocenters. The minimum atomic E-state index is 0.489. The number of aryl methyl sites for hydroxylation is 1. The Morgan fingerprint density at radius 1 is 1.11 bits per heavy atom. The summed E-state index contributed by atoms with van der Waals surface area (Å²) in [6.07, 6.45) is 0. The maximum absolute atomic E-state index is 6.06. The molecule has 0 saturated carbocycles. The lowest BCUT2D eigenvalue weighted by molar-refractivity contribution is 1.10. The van der Waals surface area contributed by atoms with Crippen LogP contribution in [0, 0.1) is 6.92 Å². The van der Waals surface area contributed by atoms with Crippen molar-refractivity contribution >= 4 is 48.8 Å². The summed E-state index contributed by atoms with van der Waals surface area (Å²) < 4.78 is 3.93. The van der Waals surface area contributed by atoms with Crippen LogP contribution in [0.2, 0.25) is 0 Å². The second-order valence-electron chi connectivity index (χ2n) is 4.39. The van der Waals surface area contributed by atoms with Gasteiger partial charge in [0.1, 0.15) is 0 Å². The highest BCUT2D eigenvalue weighted by Crippen LogP contribution is 2.30. The van der Waals surface area contributed by atoms with Gasteiger partial charge in [-0.15, -0.1) is 0 Å². The molecule has 0 aliphatic rings. The van der Waals surface area contributed by atoms with Gasteiger partial charge in [-0.05, 0) is 58.7 Å². The maximum atomic E-state index is 6.06. The minimum Gasteiger partial charge on any atom is -0.369 e. The summed E-state index contributed by atoms with van der Waals surface area (Å²) in [5.41, 5.74) is 10.1. The number of hydrogen-bond donors (Lipinski definition) is 1. The Hall–Kier alpha value is -1.33. The van der Waals surface area contributed by atoms with Crippen LogP contribution in [0.1, 0.15) is 5.56 Å². The van der Waals surface area contributed by atoms with Crippen molar-refractivity contribution in [3.8, 4) is 5.69 Å². The third kappa shape index (κ3) is 2.17. The topological polar surface area (TPSA) is 43.8 Å². The molecule has 0 atom stereocenters. The Kier molecular flexibility index (Phi) is 3.11. The first-order valence-electron chi connectivity index (χ1n) is 5.76. The lowest BCUT2D eigenvalue weighted by atomic mass is 10.2. The van der Waals surface area contributed by atoms with E-state index in [4.69, 9.17) is 5.73 Å². The normalized spacial score (nSPS) is 11.1. The van der Waals surface area contributed by atoms with Crippen molar-refractivity contribution in [3.05, 3.63) is 50.9 Å². The number of halogens is 2. The number of aromatic nitrogens is 2. The molecule has 3 aromatic rings. The molecular formula is C14H11Br2N3. The predicted molar refractivity (Wildman–Crippen MR) is 85.6 cm³/mol. The summed E-state index contributed by atoms with van der Waals surface area (Å²) in [5.74, 6) is 0.489. The smallest absolute Gasteiger partial charge is 0.205 e. The number of nitrogen functional groups attached to an aromatic ring is 1. The zero-order valence-electron chi connectivity index (χ0n) is 10.2. The molecule has 0 spiro atoms. The van der Waals surface area contributed by atoms with Gasteiger partial charge in [0.25, 0.3) is 0 Å². The highest BCUT2D eigenvalue weighted by atomic mass is 79.9. The Morgan fingerprint density at radius 2 is 1.89 bits per heavy atom. The number of hydrogen-bond acceptors (Lipinski definition) is 2. The van der Waals surface area contributed by atoms with E-state index in [-0.39, 0.29) is 0 Å². The van der Waals surface area contributed by atoms with Crippen LogP contribution in [0.5, 0.6) is 0 Å². The fourth-order valence-corrected chi connectivity index (χ4v) is 3.35. The number of rotatable bonds is 1. The van der Waals surface area contributed by atoms with Crippen LogP contribution in [0.25, 0.3) is 16.7 Å². The second-order valence-corrected chi connectivity index (χ2v) is 6.16. The van der Waals surface area contributed by atoms with Crippen LogP contribution in [0.3, 0.4) is 0 Å². The molecule has 0 fully saturated rings. The summed E-state index contributed by atoms with van der Waals surface area (Å²) in [6, 6.07) is 12.1. The zero-order chi connectivity index (χ0) is 13.6. The first-order chi connectivity index (χ1) is 9.06. The van der Waals surface area contributed by atoms with Crippen molar-refractivity contribution in [1.29, 1.82) is 0 Å². The first-order valence-corrected chi connectivity index (χ1v) is 7.35. The van der Waals surface area contributed by atoms with E-state index in [1.807, 2.05) is 41.8 Å². The van der Waals surface area contributed by atoms with Gasteiger partial charge in [-0.2, -0.15) is 0 Å². The zero-order valence-corrected chi connectivity index (χ0v) is 13.4. The highest BCUT2D eigenvalue weighted by Gasteiger charge is 2.12. The summed E-state index contributed by atoms with van der Waals surface area (Å²) in [7, 11) is 0. The molecule has 3 rings (SSSR count). The third-order valence-corrected chi connectivity index (χ3v) is 4.11. The third-order valence-electron chi connectivity index (χ3n) is 2.99. The van der Waals surface area contributed by atoms with Crippen molar-refractivity contribution in [2.24, 2.45) is 0 Å². The Balaban J connectivity index is 2.33. The number of nitrogens with two attached hydrogens (primary N) is 1. The monoisotopic (exact) mass is 379 g/mol. The van der Waals surface area contributed by atoms with E-state index in [1.165, 1.54) is 5.56 Å². The van der Waals surface area contributed by atoms with Crippen LogP contribution in [-0.4, -0.2) is 9.55 Å². The van der Waals surface area contributed by atoms with Gasteiger partial charge in [-0.3, -0.25) is 4.57 Å². The van der Waals surface area contributed by atoms with Crippen molar-refractivity contribution in [2.75, 3.05) is 5.73 Å². The van der Waals surface area contributed by atoms with Crippen LogP contribution in [0.15, 0.2) is 45.3 Å². The van der Waals surface area contributed by atoms with E-state index < -0.39 is 0 Å². The summed E-state index contributed by atoms with van der Waals surface area (Å²) in [6.45, 7) is 2.05. The second kappa shape index (κ2) is 4.65. The maximum Gasteiger partial charge on any atom is 0.205 e. The lowest BCUT2D eigenvalue weighted by Crippen LogP contribution is -2.01. The van der Waals surface area contributed by atoms with Crippen molar-refractivity contribution in [2.45, 2.75) is 6.92 Å². The van der Waals surface area contributed by atoms with Crippen LogP contribution in [-0.2, 0) is 0 Å². The van der Waals surface area contributed by atoms with Gasteiger partial charge in [-0.1, -0.05) is 22.0 Å². The molecule has 2 N–H and O–H groups in total. The van der Waals surface area contributed by atoms with Gasteiger partial charge in [0.15, 0.2) is 0 Å². The van der Waals surface area contributed by atoms with E-state index in [0.29, 0.717) is 5.95 Å². The number of imidazole rings is 1. The van der Waals surface area contributed by atoms with Crippen molar-refractivity contribution in [3.63, 3.8) is 0 Å². The van der Waals surface area contributed by atoms with Crippen molar-refractivity contribution < 1.29 is 0 Å². The largest absolute Gasteiger partial charge is 0.369 e. The van der Waals surface area contributed by atoms with E-state index >= 15 is 0 Å². The molecule has 1 aromatic heterocycles. The van der Waals surface area contributed by atoms with Gasteiger partial charge in [0, 0.05) is 8.95 Å². The summed E-state index contributed by atoms with van der Waals surface area (Å²) in [4.78, 5) is 4.42. The van der Waals surface area contributed by atoms with E-state index in [9.17, 15) is 0 Å². The average Bonchev–Trinajstić information content (AvgIpc) is 2.65. The molecule has 96 valence electrons. The van der Waals surface area contributed by atoms with Crippen LogP contribution < -0.4 is 5.73 Å². The molecule has 0 bridgehead atoms. The number of fused-ring (bicyclic) bond motifs is 1. The van der Waals surface area contributed by atoms with E-state index in [2.05, 4.69) is 42.9 Å². The van der Waals surface area contributed by atoms with Gasteiger partial charge >= 0.3 is 0 Å². The van der Waals surface area contributed by atoms with Gasteiger partial charge in [-0.25, -0.2) is 4.98 Å². The molecule has 19 heavy (non-hydrogen) atoms. The molecule has 0 amide bonds. The molecule has 1 heterocycles. The fraction of sp³-hybridized carbons (Fsp3) is 0.0714. The molecule has 0 saturated heterocycles. The SMILES string of the molecule is Cc1ccc2c(c1)nc(N)n2-c1ccc(Br)cc1Br. The fourth-order valence-electron chi connectivity index (χ4n) is 2.12. The Morgan fingerprint density at radius 3 is 2.63 bits per heavy atom. The lowest BCUT2D eigenvalue weighted by Gasteiger charge is -2.09. The van der Waals surface area contributed by atoms with Crippen LogP contribution in [0.4, 0.5) is 5.95 Å². The average molecular weight is 381 g/mol. The molecule has 0 aliphatic heterocycles. The number of nitrogens with zero attached hydrogens (tertiary/aromatic N) is 2. The molecule has 0 aliphatic carbocycles. The highest BCUT2D eigenvalue weighted by molar-refractivity contribution is 9.11. The van der Waals surface area contributed by atoms with Crippen molar-refractivity contribution in [1.82, 2.24) is 9.55 Å². The van der Waals surface area contributed by atoms with Gasteiger partial charge < -0.3 is 5.73 Å². The van der Waals surface area contributed by atoms with Gasteiger partial charge in [0.2, 0.25) is 5.95 Å². The van der Waals surface area contributed by atoms with E-state index in [1.54, 1.807) is 0 Å².